The Balaban J connectivity index is 2.89. The van der Waals surface area contributed by atoms with Gasteiger partial charge in [0.2, 0.25) is 0 Å². The molecule has 6 heteroatoms. The van der Waals surface area contributed by atoms with Crippen molar-refractivity contribution in [3.63, 3.8) is 0 Å². The van der Waals surface area contributed by atoms with Gasteiger partial charge in [0.25, 0.3) is 0 Å². The second-order valence-corrected chi connectivity index (χ2v) is 3.51. The van der Waals surface area contributed by atoms with Crippen LogP contribution in [0.4, 0.5) is 14.5 Å². The van der Waals surface area contributed by atoms with Gasteiger partial charge in [-0.2, -0.15) is 0 Å². The Morgan fingerprint density at radius 1 is 1.44 bits per heavy atom. The molecule has 88 valence electrons. The molecule has 1 aromatic carbocycles. The fraction of sp³-hybridized carbons (Fsp3) is 0.300. The lowest BCUT2D eigenvalue weighted by Gasteiger charge is -2.09. The molecule has 0 saturated carbocycles. The number of hydrogen-bond donors (Lipinski definition) is 2. The van der Waals surface area contributed by atoms with Gasteiger partial charge >= 0.3 is 0 Å². The molecule has 3 nitrogen and oxygen atoms in total. The van der Waals surface area contributed by atoms with E-state index < -0.39 is 11.6 Å². The molecule has 3 N–H and O–H groups in total. The SMILES string of the molecule is COCCNc1ccc(C(N)=S)c(F)c1F. The highest BCUT2D eigenvalue weighted by molar-refractivity contribution is 7.80. The Bertz CT molecular complexity index is 399. The highest BCUT2D eigenvalue weighted by atomic mass is 32.1. The zero-order chi connectivity index (χ0) is 12.1. The minimum atomic E-state index is -1.03. The summed E-state index contributed by atoms with van der Waals surface area (Å²) in [5.41, 5.74) is 5.21. The molecule has 0 aromatic heterocycles. The topological polar surface area (TPSA) is 47.3 Å². The molecule has 0 aliphatic heterocycles. The van der Waals surface area contributed by atoms with Crippen LogP contribution in [0, 0.1) is 11.6 Å². The summed E-state index contributed by atoms with van der Waals surface area (Å²) in [6, 6.07) is 2.73. The number of halogens is 2. The van der Waals surface area contributed by atoms with Crippen molar-refractivity contribution < 1.29 is 13.5 Å². The number of anilines is 1. The molecule has 0 radical (unpaired) electrons. The molecule has 0 bridgehead atoms. The molecule has 0 atom stereocenters. The number of methoxy groups -OCH3 is 1. The highest BCUT2D eigenvalue weighted by Gasteiger charge is 2.14. The quantitative estimate of drug-likeness (QED) is 0.612. The van der Waals surface area contributed by atoms with Crippen LogP contribution in [0.1, 0.15) is 5.56 Å². The standard InChI is InChI=1S/C10H12F2N2OS/c1-15-5-4-14-7-3-2-6(10(13)16)8(11)9(7)12/h2-3,14H,4-5H2,1H3,(H2,13,16). The molecule has 0 unspecified atom stereocenters. The van der Waals surface area contributed by atoms with Gasteiger partial charge < -0.3 is 15.8 Å². The Morgan fingerprint density at radius 2 is 2.12 bits per heavy atom. The monoisotopic (exact) mass is 246 g/mol. The number of hydrogen-bond acceptors (Lipinski definition) is 3. The van der Waals surface area contributed by atoms with E-state index in [4.69, 9.17) is 10.5 Å². The summed E-state index contributed by atoms with van der Waals surface area (Å²) in [5, 5.41) is 2.70. The molecule has 0 saturated heterocycles. The first-order valence-corrected chi connectivity index (χ1v) is 4.99. The van der Waals surface area contributed by atoms with Gasteiger partial charge in [-0.25, -0.2) is 8.78 Å². The third-order valence-corrected chi connectivity index (χ3v) is 2.19. The van der Waals surface area contributed by atoms with Crippen LogP contribution in [-0.2, 0) is 4.74 Å². The van der Waals surface area contributed by atoms with Crippen LogP contribution in [0.15, 0.2) is 12.1 Å². The summed E-state index contributed by atoms with van der Waals surface area (Å²) in [6.07, 6.45) is 0. The van der Waals surface area contributed by atoms with Gasteiger partial charge in [0, 0.05) is 19.2 Å². The summed E-state index contributed by atoms with van der Waals surface area (Å²) in [7, 11) is 1.52. The van der Waals surface area contributed by atoms with Crippen LogP contribution in [0.5, 0.6) is 0 Å². The molecule has 0 amide bonds. The number of thiocarbonyl (C=S) groups is 1. The third kappa shape index (κ3) is 2.86. The van der Waals surface area contributed by atoms with Crippen molar-refractivity contribution in [1.29, 1.82) is 0 Å². The fourth-order valence-corrected chi connectivity index (χ4v) is 1.32. The predicted octanol–water partition coefficient (Wildman–Crippen LogP) is 1.66. The van der Waals surface area contributed by atoms with Crippen molar-refractivity contribution in [3.8, 4) is 0 Å². The lowest BCUT2D eigenvalue weighted by molar-refractivity contribution is 0.210. The van der Waals surface area contributed by atoms with E-state index >= 15 is 0 Å². The second kappa shape index (κ2) is 5.72. The maximum atomic E-state index is 13.5. The van der Waals surface area contributed by atoms with Crippen LogP contribution >= 0.6 is 12.2 Å². The van der Waals surface area contributed by atoms with Crippen molar-refractivity contribution in [2.45, 2.75) is 0 Å². The lowest BCUT2D eigenvalue weighted by atomic mass is 10.2. The maximum Gasteiger partial charge on any atom is 0.182 e. The third-order valence-electron chi connectivity index (χ3n) is 1.97. The van der Waals surface area contributed by atoms with Crippen LogP contribution in [0.25, 0.3) is 0 Å². The summed E-state index contributed by atoms with van der Waals surface area (Å²) < 4.78 is 31.6. The Kier molecular flexibility index (Phi) is 4.57. The Hall–Kier alpha value is -1.27. The molecule has 1 aromatic rings. The molecule has 0 spiro atoms. The molecule has 1 rings (SSSR count). The van der Waals surface area contributed by atoms with Gasteiger partial charge in [0.15, 0.2) is 11.6 Å². The number of ether oxygens (including phenoxy) is 1. The van der Waals surface area contributed by atoms with Crippen LogP contribution in [0.2, 0.25) is 0 Å². The maximum absolute atomic E-state index is 13.5. The number of nitrogens with two attached hydrogens (primary N) is 1. The van der Waals surface area contributed by atoms with Crippen molar-refractivity contribution in [2.24, 2.45) is 5.73 Å². The van der Waals surface area contributed by atoms with E-state index in [0.717, 1.165) is 0 Å². The molecule has 0 aliphatic rings. The minimum Gasteiger partial charge on any atom is -0.389 e. The van der Waals surface area contributed by atoms with Gasteiger partial charge in [-0.3, -0.25) is 0 Å². The number of benzene rings is 1. The molecule has 0 aliphatic carbocycles. The molecular formula is C10H12F2N2OS. The molecular weight excluding hydrogens is 234 g/mol. The van der Waals surface area contributed by atoms with Crippen LogP contribution in [0.3, 0.4) is 0 Å². The van der Waals surface area contributed by atoms with Crippen molar-refractivity contribution in [2.75, 3.05) is 25.6 Å². The molecule has 0 heterocycles. The molecule has 0 fully saturated rings. The summed E-state index contributed by atoms with van der Waals surface area (Å²) in [5.74, 6) is -2.02. The first-order valence-electron chi connectivity index (χ1n) is 4.58. The lowest BCUT2D eigenvalue weighted by Crippen LogP contribution is -2.15. The summed E-state index contributed by atoms with van der Waals surface area (Å²) in [6.45, 7) is 0.789. The summed E-state index contributed by atoms with van der Waals surface area (Å²) >= 11 is 4.59. The normalized spacial score (nSPS) is 10.2. The van der Waals surface area contributed by atoms with E-state index in [1.807, 2.05) is 0 Å². The largest absolute Gasteiger partial charge is 0.389 e. The van der Waals surface area contributed by atoms with Gasteiger partial charge in [0.1, 0.15) is 4.99 Å². The van der Waals surface area contributed by atoms with Crippen molar-refractivity contribution in [1.82, 2.24) is 0 Å². The predicted molar refractivity (Wildman–Crippen MR) is 62.6 cm³/mol. The van der Waals surface area contributed by atoms with Gasteiger partial charge in [-0.15, -0.1) is 0 Å². The zero-order valence-corrected chi connectivity index (χ0v) is 9.54. The van der Waals surface area contributed by atoms with Crippen molar-refractivity contribution in [3.05, 3.63) is 29.3 Å². The Morgan fingerprint density at radius 3 is 2.69 bits per heavy atom. The smallest absolute Gasteiger partial charge is 0.182 e. The van der Waals surface area contributed by atoms with Crippen LogP contribution < -0.4 is 11.1 Å². The van der Waals surface area contributed by atoms with E-state index in [1.165, 1.54) is 19.2 Å². The Labute approximate surface area is 97.6 Å². The van der Waals surface area contributed by atoms with Gasteiger partial charge in [0.05, 0.1) is 12.3 Å². The van der Waals surface area contributed by atoms with E-state index in [0.29, 0.717) is 13.2 Å². The average Bonchev–Trinajstić information content (AvgIpc) is 2.24. The minimum absolute atomic E-state index is 0.0644. The number of rotatable bonds is 5. The van der Waals surface area contributed by atoms with Crippen LogP contribution in [-0.4, -0.2) is 25.2 Å². The first kappa shape index (κ1) is 12.8. The van der Waals surface area contributed by atoms with Gasteiger partial charge in [-0.1, -0.05) is 12.2 Å². The zero-order valence-electron chi connectivity index (χ0n) is 8.72. The second-order valence-electron chi connectivity index (χ2n) is 3.07. The van der Waals surface area contributed by atoms with E-state index in [2.05, 4.69) is 17.5 Å². The summed E-state index contributed by atoms with van der Waals surface area (Å²) in [4.78, 5) is -0.167. The number of nitrogens with one attached hydrogen (secondary N) is 1. The van der Waals surface area contributed by atoms with Gasteiger partial charge in [-0.05, 0) is 12.1 Å². The fourth-order valence-electron chi connectivity index (χ4n) is 1.16. The van der Waals surface area contributed by atoms with Crippen molar-refractivity contribution >= 4 is 22.9 Å². The average molecular weight is 246 g/mol. The highest BCUT2D eigenvalue weighted by Crippen LogP contribution is 2.20. The van der Waals surface area contributed by atoms with E-state index in [-0.39, 0.29) is 16.2 Å². The molecule has 16 heavy (non-hydrogen) atoms. The first-order chi connectivity index (χ1) is 7.57. The van der Waals surface area contributed by atoms with E-state index in [1.54, 1.807) is 0 Å². The van der Waals surface area contributed by atoms with E-state index in [9.17, 15) is 8.78 Å².